The Kier molecular flexibility index (Phi) is 4.58. The largest absolute Gasteiger partial charge is 0.387 e. The van der Waals surface area contributed by atoms with Crippen molar-refractivity contribution in [2.75, 3.05) is 6.54 Å². The molecule has 2 heterocycles. The number of aromatic amines is 1. The molecule has 0 unspecified atom stereocenters. The molecule has 1 aromatic heterocycles. The Morgan fingerprint density at radius 3 is 2.67 bits per heavy atom. The summed E-state index contributed by atoms with van der Waals surface area (Å²) in [5.74, 6) is 0.155. The minimum absolute atomic E-state index is 0.155. The Morgan fingerprint density at radius 2 is 1.89 bits per heavy atom. The molecule has 0 aliphatic carbocycles. The van der Waals surface area contributed by atoms with Crippen LogP contribution in [0, 0.1) is 5.92 Å². The predicted molar refractivity (Wildman–Crippen MR) is 106 cm³/mol. The first-order valence-corrected chi connectivity index (χ1v) is 10.7. The van der Waals surface area contributed by atoms with E-state index in [4.69, 9.17) is 0 Å². The molecule has 1 aliphatic heterocycles. The minimum atomic E-state index is -3.65. The number of rotatable bonds is 4. The van der Waals surface area contributed by atoms with Gasteiger partial charge in [-0.15, -0.1) is 0 Å². The molecule has 2 atom stereocenters. The zero-order valence-electron chi connectivity index (χ0n) is 15.5. The van der Waals surface area contributed by atoms with Crippen LogP contribution in [0.15, 0.2) is 59.6 Å². The van der Waals surface area contributed by atoms with Crippen LogP contribution in [-0.4, -0.2) is 35.4 Å². The van der Waals surface area contributed by atoms with Gasteiger partial charge in [0, 0.05) is 29.2 Å². The molecule has 2 N–H and O–H groups in total. The van der Waals surface area contributed by atoms with Crippen molar-refractivity contribution in [1.82, 2.24) is 9.29 Å². The molecule has 0 bridgehead atoms. The van der Waals surface area contributed by atoms with Gasteiger partial charge in [-0.3, -0.25) is 0 Å². The Hall–Kier alpha value is -2.15. The second kappa shape index (κ2) is 6.78. The monoisotopic (exact) mass is 384 g/mol. The van der Waals surface area contributed by atoms with E-state index in [2.05, 4.69) is 4.98 Å². The molecule has 2 aromatic carbocycles. The highest BCUT2D eigenvalue weighted by molar-refractivity contribution is 7.89. The Balaban J connectivity index is 1.83. The third-order valence-electron chi connectivity index (χ3n) is 5.22. The number of sulfonamides is 1. The van der Waals surface area contributed by atoms with E-state index in [1.807, 2.05) is 44.3 Å². The fourth-order valence-electron chi connectivity index (χ4n) is 3.99. The Labute approximate surface area is 159 Å². The van der Waals surface area contributed by atoms with E-state index in [1.165, 1.54) is 4.31 Å². The van der Waals surface area contributed by atoms with E-state index in [1.54, 1.807) is 24.3 Å². The number of nitrogens with one attached hydrogen (secondary N) is 1. The molecule has 0 saturated carbocycles. The molecule has 142 valence electrons. The second-order valence-corrected chi connectivity index (χ2v) is 9.44. The second-order valence-electron chi connectivity index (χ2n) is 7.58. The molecule has 0 spiro atoms. The third-order valence-corrected chi connectivity index (χ3v) is 7.18. The third kappa shape index (κ3) is 3.08. The topological polar surface area (TPSA) is 73.4 Å². The highest BCUT2D eigenvalue weighted by Gasteiger charge is 2.43. The summed E-state index contributed by atoms with van der Waals surface area (Å²) >= 11 is 0. The molecule has 1 aliphatic rings. The number of hydrogen-bond donors (Lipinski definition) is 2. The van der Waals surface area contributed by atoms with E-state index in [-0.39, 0.29) is 10.8 Å². The molecule has 0 radical (unpaired) electrons. The van der Waals surface area contributed by atoms with Gasteiger partial charge in [-0.2, -0.15) is 4.31 Å². The van der Waals surface area contributed by atoms with E-state index in [0.717, 1.165) is 16.5 Å². The minimum Gasteiger partial charge on any atom is -0.387 e. The standard InChI is InChI=1S/C21H24N2O3S/c1-14(2)13-23-19(12-15-6-5-8-18-16(15)10-11-22-18)21(24)17-7-3-4-9-20(17)27(23,25)26/h3-11,14,19,21-22,24H,12-13H2,1-2H3/t19-,21+/m0/s1. The van der Waals surface area contributed by atoms with Crippen LogP contribution >= 0.6 is 0 Å². The van der Waals surface area contributed by atoms with Crippen molar-refractivity contribution in [3.05, 3.63) is 65.9 Å². The summed E-state index contributed by atoms with van der Waals surface area (Å²) in [6.07, 6.45) is 1.47. The lowest BCUT2D eigenvalue weighted by atomic mass is 9.93. The number of aliphatic hydroxyl groups is 1. The van der Waals surface area contributed by atoms with Gasteiger partial charge in [0.05, 0.1) is 17.0 Å². The number of benzene rings is 2. The molecule has 3 aromatic rings. The number of nitrogens with zero attached hydrogens (tertiary/aromatic N) is 1. The van der Waals surface area contributed by atoms with Gasteiger partial charge in [0.25, 0.3) is 0 Å². The number of aromatic nitrogens is 1. The number of H-pyrrole nitrogens is 1. The SMILES string of the molecule is CC(C)CN1[C@@H](Cc2cccc3[nH]ccc23)[C@H](O)c2ccccc2S1(=O)=O. The van der Waals surface area contributed by atoms with E-state index in [0.29, 0.717) is 18.5 Å². The quantitative estimate of drug-likeness (QED) is 0.723. The van der Waals surface area contributed by atoms with Crippen LogP contribution in [0.3, 0.4) is 0 Å². The zero-order valence-corrected chi connectivity index (χ0v) is 16.3. The summed E-state index contributed by atoms with van der Waals surface area (Å²) in [5, 5.41) is 12.2. The highest BCUT2D eigenvalue weighted by Crippen LogP contribution is 2.39. The van der Waals surface area contributed by atoms with Crippen molar-refractivity contribution >= 4 is 20.9 Å². The van der Waals surface area contributed by atoms with Crippen LogP contribution in [0.25, 0.3) is 10.9 Å². The van der Waals surface area contributed by atoms with Gasteiger partial charge < -0.3 is 10.1 Å². The smallest absolute Gasteiger partial charge is 0.243 e. The molecule has 0 amide bonds. The van der Waals surface area contributed by atoms with Gasteiger partial charge in [-0.05, 0) is 36.1 Å². The first kappa shape index (κ1) is 18.2. The van der Waals surface area contributed by atoms with Gasteiger partial charge >= 0.3 is 0 Å². The van der Waals surface area contributed by atoms with Gasteiger partial charge in [0.2, 0.25) is 10.0 Å². The molecule has 6 heteroatoms. The average Bonchev–Trinajstić information content (AvgIpc) is 3.12. The van der Waals surface area contributed by atoms with Crippen molar-refractivity contribution in [3.63, 3.8) is 0 Å². The van der Waals surface area contributed by atoms with Crippen molar-refractivity contribution in [3.8, 4) is 0 Å². The summed E-state index contributed by atoms with van der Waals surface area (Å²) in [7, 11) is -3.65. The first-order valence-electron chi connectivity index (χ1n) is 9.23. The molecule has 5 nitrogen and oxygen atoms in total. The first-order chi connectivity index (χ1) is 12.9. The number of aliphatic hydroxyl groups excluding tert-OH is 1. The number of hydrogen-bond acceptors (Lipinski definition) is 3. The van der Waals surface area contributed by atoms with Crippen molar-refractivity contribution in [2.24, 2.45) is 5.92 Å². The molecular weight excluding hydrogens is 360 g/mol. The Bertz CT molecular complexity index is 1070. The summed E-state index contributed by atoms with van der Waals surface area (Å²) < 4.78 is 28.1. The molecule has 27 heavy (non-hydrogen) atoms. The molecule has 4 rings (SSSR count). The van der Waals surface area contributed by atoms with Crippen LogP contribution < -0.4 is 0 Å². The lowest BCUT2D eigenvalue weighted by molar-refractivity contribution is 0.0755. The average molecular weight is 385 g/mol. The maximum atomic E-state index is 13.3. The summed E-state index contributed by atoms with van der Waals surface area (Å²) in [6.45, 7) is 4.36. The van der Waals surface area contributed by atoms with Crippen molar-refractivity contribution < 1.29 is 13.5 Å². The summed E-state index contributed by atoms with van der Waals surface area (Å²) in [6, 6.07) is 14.2. The lowest BCUT2D eigenvalue weighted by Gasteiger charge is -2.40. The van der Waals surface area contributed by atoms with Crippen LogP contribution in [0.4, 0.5) is 0 Å². The van der Waals surface area contributed by atoms with E-state index in [9.17, 15) is 13.5 Å². The van der Waals surface area contributed by atoms with Gasteiger partial charge in [0.15, 0.2) is 0 Å². The van der Waals surface area contributed by atoms with Gasteiger partial charge in [-0.25, -0.2) is 8.42 Å². The highest BCUT2D eigenvalue weighted by atomic mass is 32.2. The maximum absolute atomic E-state index is 13.3. The van der Waals surface area contributed by atoms with Crippen molar-refractivity contribution in [2.45, 2.75) is 37.3 Å². The Morgan fingerprint density at radius 1 is 1.11 bits per heavy atom. The van der Waals surface area contributed by atoms with Gasteiger partial charge in [0.1, 0.15) is 0 Å². The van der Waals surface area contributed by atoms with Gasteiger partial charge in [-0.1, -0.05) is 44.2 Å². The molecular formula is C21H24N2O3S. The number of fused-ring (bicyclic) bond motifs is 2. The van der Waals surface area contributed by atoms with Crippen LogP contribution in [-0.2, 0) is 16.4 Å². The maximum Gasteiger partial charge on any atom is 0.243 e. The molecule has 0 fully saturated rings. The fourth-order valence-corrected chi connectivity index (χ4v) is 6.02. The zero-order chi connectivity index (χ0) is 19.2. The van der Waals surface area contributed by atoms with Crippen LogP contribution in [0.1, 0.15) is 31.1 Å². The lowest BCUT2D eigenvalue weighted by Crippen LogP contribution is -2.50. The normalized spacial score (nSPS) is 22.2. The molecule has 0 saturated heterocycles. The van der Waals surface area contributed by atoms with E-state index >= 15 is 0 Å². The van der Waals surface area contributed by atoms with Crippen LogP contribution in [0.2, 0.25) is 0 Å². The summed E-state index contributed by atoms with van der Waals surface area (Å²) in [4.78, 5) is 3.41. The summed E-state index contributed by atoms with van der Waals surface area (Å²) in [5.41, 5.74) is 2.53. The van der Waals surface area contributed by atoms with E-state index < -0.39 is 22.2 Å². The van der Waals surface area contributed by atoms with Crippen molar-refractivity contribution in [1.29, 1.82) is 0 Å². The fraction of sp³-hybridized carbons (Fsp3) is 0.333. The predicted octanol–water partition coefficient (Wildman–Crippen LogP) is 3.47. The van der Waals surface area contributed by atoms with Crippen LogP contribution in [0.5, 0.6) is 0 Å².